The topological polar surface area (TPSA) is 55.4 Å². The fourth-order valence-corrected chi connectivity index (χ4v) is 2.55. The smallest absolute Gasteiger partial charge is 0.310 e. The normalized spacial score (nSPS) is 10.3. The van der Waals surface area contributed by atoms with Crippen LogP contribution in [0.2, 0.25) is 5.02 Å². The summed E-state index contributed by atoms with van der Waals surface area (Å²) in [4.78, 5) is 24.6. The highest BCUT2D eigenvalue weighted by atomic mass is 35.5. The van der Waals surface area contributed by atoms with Gasteiger partial charge in [-0.2, -0.15) is 0 Å². The lowest BCUT2D eigenvalue weighted by Gasteiger charge is -2.08. The molecular formula is C17H15ClFNO3S. The third-order valence-electron chi connectivity index (χ3n) is 3.12. The molecular weight excluding hydrogens is 353 g/mol. The van der Waals surface area contributed by atoms with Gasteiger partial charge in [0.05, 0.1) is 6.42 Å². The standard InChI is InChI=1S/C17H15ClFNO3S/c1-24-12-7-5-11(6-8-12)20-16(21)10-23-17(22)9-13-14(18)3-2-4-15(13)19/h2-8H,9-10H2,1H3,(H,20,21). The minimum Gasteiger partial charge on any atom is -0.455 e. The number of ether oxygens (including phenoxy) is 1. The van der Waals surface area contributed by atoms with Gasteiger partial charge in [-0.25, -0.2) is 4.39 Å². The predicted molar refractivity (Wildman–Crippen MR) is 92.9 cm³/mol. The van der Waals surface area contributed by atoms with E-state index in [1.165, 1.54) is 18.2 Å². The Morgan fingerprint density at radius 1 is 1.21 bits per heavy atom. The van der Waals surface area contributed by atoms with E-state index in [4.69, 9.17) is 16.3 Å². The summed E-state index contributed by atoms with van der Waals surface area (Å²) < 4.78 is 18.4. The van der Waals surface area contributed by atoms with Gasteiger partial charge in [-0.3, -0.25) is 9.59 Å². The van der Waals surface area contributed by atoms with Crippen molar-refractivity contribution in [3.63, 3.8) is 0 Å². The third-order valence-corrected chi connectivity index (χ3v) is 4.22. The van der Waals surface area contributed by atoms with E-state index in [1.807, 2.05) is 18.4 Å². The van der Waals surface area contributed by atoms with Gasteiger partial charge in [0, 0.05) is 21.2 Å². The largest absolute Gasteiger partial charge is 0.455 e. The van der Waals surface area contributed by atoms with Crippen LogP contribution in [0.3, 0.4) is 0 Å². The molecule has 0 unspecified atom stereocenters. The number of hydrogen-bond acceptors (Lipinski definition) is 4. The number of carbonyl (C=O) groups excluding carboxylic acids is 2. The van der Waals surface area contributed by atoms with Gasteiger partial charge in [0.15, 0.2) is 6.61 Å². The van der Waals surface area contributed by atoms with Crippen molar-refractivity contribution < 1.29 is 18.7 Å². The maximum absolute atomic E-state index is 13.6. The number of carbonyl (C=O) groups is 2. The van der Waals surface area contributed by atoms with Crippen LogP contribution in [-0.2, 0) is 20.7 Å². The van der Waals surface area contributed by atoms with E-state index in [-0.39, 0.29) is 17.0 Å². The Labute approximate surface area is 148 Å². The Hall–Kier alpha value is -2.05. The molecule has 0 fully saturated rings. The number of hydrogen-bond donors (Lipinski definition) is 1. The average Bonchev–Trinajstić information content (AvgIpc) is 2.57. The van der Waals surface area contributed by atoms with E-state index in [9.17, 15) is 14.0 Å². The summed E-state index contributed by atoms with van der Waals surface area (Å²) in [6.45, 7) is -0.449. The summed E-state index contributed by atoms with van der Waals surface area (Å²) in [5.41, 5.74) is 0.656. The van der Waals surface area contributed by atoms with E-state index in [1.54, 1.807) is 23.9 Å². The minimum atomic E-state index is -0.727. The number of nitrogens with one attached hydrogen (secondary N) is 1. The monoisotopic (exact) mass is 367 g/mol. The zero-order valence-electron chi connectivity index (χ0n) is 12.8. The summed E-state index contributed by atoms with van der Waals surface area (Å²) >= 11 is 7.43. The van der Waals surface area contributed by atoms with E-state index in [2.05, 4.69) is 5.32 Å². The van der Waals surface area contributed by atoms with Gasteiger partial charge in [0.2, 0.25) is 0 Å². The van der Waals surface area contributed by atoms with Gasteiger partial charge in [-0.1, -0.05) is 17.7 Å². The van der Waals surface area contributed by atoms with Crippen molar-refractivity contribution in [1.29, 1.82) is 0 Å². The Balaban J connectivity index is 1.83. The van der Waals surface area contributed by atoms with Crippen molar-refractivity contribution >= 4 is 40.9 Å². The highest BCUT2D eigenvalue weighted by Gasteiger charge is 2.14. The van der Waals surface area contributed by atoms with Crippen LogP contribution in [0.25, 0.3) is 0 Å². The molecule has 1 N–H and O–H groups in total. The Kier molecular flexibility index (Phi) is 6.63. The van der Waals surface area contributed by atoms with Crippen molar-refractivity contribution in [3.05, 3.63) is 58.9 Å². The zero-order valence-corrected chi connectivity index (χ0v) is 14.4. The first-order valence-corrected chi connectivity index (χ1v) is 8.62. The van der Waals surface area contributed by atoms with E-state index in [0.29, 0.717) is 5.69 Å². The van der Waals surface area contributed by atoms with Gasteiger partial charge >= 0.3 is 5.97 Å². The van der Waals surface area contributed by atoms with Crippen LogP contribution in [0.1, 0.15) is 5.56 Å². The molecule has 0 spiro atoms. The van der Waals surface area contributed by atoms with E-state index in [0.717, 1.165) is 4.90 Å². The molecule has 0 aliphatic rings. The van der Waals surface area contributed by atoms with Crippen LogP contribution in [0.5, 0.6) is 0 Å². The van der Waals surface area contributed by atoms with Gasteiger partial charge in [-0.05, 0) is 42.7 Å². The lowest BCUT2D eigenvalue weighted by Crippen LogP contribution is -2.21. The molecule has 0 saturated heterocycles. The number of thioether (sulfide) groups is 1. The number of benzene rings is 2. The van der Waals surface area contributed by atoms with Crippen molar-refractivity contribution in [3.8, 4) is 0 Å². The maximum atomic E-state index is 13.6. The van der Waals surface area contributed by atoms with Crippen molar-refractivity contribution in [2.24, 2.45) is 0 Å². The first-order valence-electron chi connectivity index (χ1n) is 7.02. The summed E-state index contributed by atoms with van der Waals surface area (Å²) in [6, 6.07) is 11.4. The molecule has 2 rings (SSSR count). The van der Waals surface area contributed by atoms with Crippen LogP contribution in [0, 0.1) is 5.82 Å². The molecule has 1 amide bonds. The Bertz CT molecular complexity index is 717. The van der Waals surface area contributed by atoms with Gasteiger partial charge in [0.25, 0.3) is 5.91 Å². The SMILES string of the molecule is CSc1ccc(NC(=O)COC(=O)Cc2c(F)cccc2Cl)cc1. The third kappa shape index (κ3) is 5.25. The number of rotatable bonds is 6. The Morgan fingerprint density at radius 2 is 1.92 bits per heavy atom. The predicted octanol–water partition coefficient (Wildman–Crippen LogP) is 3.93. The number of halogens is 2. The van der Waals surface area contributed by atoms with Crippen LogP contribution in [0.4, 0.5) is 10.1 Å². The maximum Gasteiger partial charge on any atom is 0.310 e. The Morgan fingerprint density at radius 3 is 2.54 bits per heavy atom. The van der Waals surface area contributed by atoms with Crippen molar-refractivity contribution in [1.82, 2.24) is 0 Å². The first kappa shape index (κ1) is 18.3. The molecule has 0 radical (unpaired) electrons. The first-order chi connectivity index (χ1) is 11.5. The van der Waals surface area contributed by atoms with E-state index >= 15 is 0 Å². The lowest BCUT2D eigenvalue weighted by atomic mass is 10.1. The molecule has 4 nitrogen and oxygen atoms in total. The molecule has 2 aromatic rings. The molecule has 2 aromatic carbocycles. The highest BCUT2D eigenvalue weighted by Crippen LogP contribution is 2.20. The molecule has 0 bridgehead atoms. The second kappa shape index (κ2) is 8.70. The van der Waals surface area contributed by atoms with Crippen LogP contribution >= 0.6 is 23.4 Å². The van der Waals surface area contributed by atoms with Crippen molar-refractivity contribution in [2.45, 2.75) is 11.3 Å². The summed E-state index contributed by atoms with van der Waals surface area (Å²) in [5, 5.41) is 2.75. The van der Waals surface area contributed by atoms with Crippen LogP contribution in [0.15, 0.2) is 47.4 Å². The molecule has 126 valence electrons. The van der Waals surface area contributed by atoms with Gasteiger partial charge in [-0.15, -0.1) is 11.8 Å². The van der Waals surface area contributed by atoms with Crippen LogP contribution in [-0.4, -0.2) is 24.7 Å². The number of amides is 1. The average molecular weight is 368 g/mol. The second-order valence-corrected chi connectivity index (χ2v) is 6.10. The molecule has 0 aliphatic heterocycles. The number of esters is 1. The van der Waals surface area contributed by atoms with Gasteiger partial charge < -0.3 is 10.1 Å². The quantitative estimate of drug-likeness (QED) is 0.621. The second-order valence-electron chi connectivity index (χ2n) is 4.81. The molecule has 0 aromatic heterocycles. The summed E-state index contributed by atoms with van der Waals surface area (Å²) in [5.74, 6) is -1.78. The summed E-state index contributed by atoms with van der Waals surface area (Å²) in [6.07, 6.45) is 1.62. The molecule has 0 saturated carbocycles. The van der Waals surface area contributed by atoms with Gasteiger partial charge in [0.1, 0.15) is 5.82 Å². The number of anilines is 1. The highest BCUT2D eigenvalue weighted by molar-refractivity contribution is 7.98. The van der Waals surface area contributed by atoms with Crippen molar-refractivity contribution in [2.75, 3.05) is 18.2 Å². The molecule has 7 heteroatoms. The zero-order chi connectivity index (χ0) is 17.5. The van der Waals surface area contributed by atoms with E-state index < -0.39 is 24.3 Å². The lowest BCUT2D eigenvalue weighted by molar-refractivity contribution is -0.146. The fourth-order valence-electron chi connectivity index (χ4n) is 1.91. The van der Waals surface area contributed by atoms with Crippen LogP contribution < -0.4 is 5.32 Å². The fraction of sp³-hybridized carbons (Fsp3) is 0.176. The summed E-state index contributed by atoms with van der Waals surface area (Å²) in [7, 11) is 0. The minimum absolute atomic E-state index is 0.0530. The molecule has 0 heterocycles. The molecule has 0 aliphatic carbocycles. The molecule has 0 atom stereocenters. The molecule has 24 heavy (non-hydrogen) atoms.